The number of morpholine rings is 1. The summed E-state index contributed by atoms with van der Waals surface area (Å²) in [7, 11) is -4.05. The van der Waals surface area contributed by atoms with Crippen molar-refractivity contribution < 1.29 is 22.3 Å². The van der Waals surface area contributed by atoms with Gasteiger partial charge < -0.3 is 10.1 Å². The molecule has 1 amide bonds. The highest BCUT2D eigenvalue weighted by Crippen LogP contribution is 2.25. The summed E-state index contributed by atoms with van der Waals surface area (Å²) in [6, 6.07) is 10.8. The van der Waals surface area contributed by atoms with E-state index in [1.54, 1.807) is 12.1 Å². The summed E-state index contributed by atoms with van der Waals surface area (Å²) in [6.45, 7) is 7.09. The number of hydrogen-bond donors (Lipinski definition) is 1. The molecule has 0 atom stereocenters. The van der Waals surface area contributed by atoms with Gasteiger partial charge in [0.1, 0.15) is 10.7 Å². The molecule has 29 heavy (non-hydrogen) atoms. The Balaban J connectivity index is 1.82. The zero-order valence-electron chi connectivity index (χ0n) is 16.7. The molecule has 0 aromatic heterocycles. The summed E-state index contributed by atoms with van der Waals surface area (Å²) in [5.74, 6) is -1.39. The smallest absolute Gasteiger partial charge is 0.255 e. The van der Waals surface area contributed by atoms with E-state index in [1.165, 1.54) is 10.4 Å². The molecule has 1 saturated heterocycles. The van der Waals surface area contributed by atoms with Crippen LogP contribution in [0.5, 0.6) is 0 Å². The molecule has 0 bridgehead atoms. The second kappa shape index (κ2) is 8.22. The first-order chi connectivity index (χ1) is 13.6. The van der Waals surface area contributed by atoms with Gasteiger partial charge in [0.2, 0.25) is 10.0 Å². The fraction of sp³-hybridized carbons (Fsp3) is 0.381. The number of sulfonamides is 1. The number of rotatable bonds is 4. The minimum Gasteiger partial charge on any atom is -0.379 e. The predicted octanol–water partition coefficient (Wildman–Crippen LogP) is 3.40. The first-order valence-electron chi connectivity index (χ1n) is 9.38. The van der Waals surface area contributed by atoms with Gasteiger partial charge in [-0.25, -0.2) is 12.8 Å². The number of nitrogens with zero attached hydrogens (tertiary/aromatic N) is 1. The highest BCUT2D eigenvalue weighted by Gasteiger charge is 2.29. The van der Waals surface area contributed by atoms with E-state index in [0.29, 0.717) is 5.69 Å². The van der Waals surface area contributed by atoms with Crippen molar-refractivity contribution in [1.29, 1.82) is 0 Å². The number of hydrogen-bond acceptors (Lipinski definition) is 4. The third kappa shape index (κ3) is 4.83. The van der Waals surface area contributed by atoms with Crippen molar-refractivity contribution in [3.05, 3.63) is 59.4 Å². The van der Waals surface area contributed by atoms with Gasteiger partial charge >= 0.3 is 0 Å². The summed E-state index contributed by atoms with van der Waals surface area (Å²) in [5, 5.41) is 2.72. The lowest BCUT2D eigenvalue weighted by Gasteiger charge is -2.26. The van der Waals surface area contributed by atoms with Crippen LogP contribution in [-0.2, 0) is 20.2 Å². The molecule has 1 heterocycles. The van der Waals surface area contributed by atoms with Crippen molar-refractivity contribution in [2.75, 3.05) is 31.6 Å². The van der Waals surface area contributed by atoms with Gasteiger partial charge in [-0.3, -0.25) is 4.79 Å². The van der Waals surface area contributed by atoms with Crippen molar-refractivity contribution >= 4 is 21.6 Å². The summed E-state index contributed by atoms with van der Waals surface area (Å²) < 4.78 is 46.2. The van der Waals surface area contributed by atoms with Gasteiger partial charge in [-0.15, -0.1) is 0 Å². The molecule has 1 aliphatic heterocycles. The third-order valence-corrected chi connectivity index (χ3v) is 6.70. The fourth-order valence-corrected chi connectivity index (χ4v) is 4.52. The predicted molar refractivity (Wildman–Crippen MR) is 109 cm³/mol. The van der Waals surface area contributed by atoms with Crippen LogP contribution >= 0.6 is 0 Å². The van der Waals surface area contributed by atoms with E-state index < -0.39 is 26.6 Å². The van der Waals surface area contributed by atoms with Gasteiger partial charge in [0.25, 0.3) is 5.91 Å². The molecule has 0 radical (unpaired) electrons. The Morgan fingerprint density at radius 2 is 1.69 bits per heavy atom. The molecule has 0 saturated carbocycles. The highest BCUT2D eigenvalue weighted by molar-refractivity contribution is 7.89. The molecule has 0 spiro atoms. The lowest BCUT2D eigenvalue weighted by atomic mass is 9.87. The van der Waals surface area contributed by atoms with Gasteiger partial charge in [-0.05, 0) is 41.3 Å². The Labute approximate surface area is 170 Å². The zero-order valence-corrected chi connectivity index (χ0v) is 17.6. The topological polar surface area (TPSA) is 75.7 Å². The number of anilines is 1. The van der Waals surface area contributed by atoms with Gasteiger partial charge in [0.05, 0.1) is 13.2 Å². The van der Waals surface area contributed by atoms with Gasteiger partial charge in [0, 0.05) is 24.3 Å². The van der Waals surface area contributed by atoms with E-state index in [1.807, 2.05) is 12.1 Å². The molecule has 6 nitrogen and oxygen atoms in total. The van der Waals surface area contributed by atoms with Gasteiger partial charge in [-0.2, -0.15) is 4.31 Å². The van der Waals surface area contributed by atoms with Crippen LogP contribution in [-0.4, -0.2) is 44.9 Å². The minimum atomic E-state index is -4.05. The first kappa shape index (κ1) is 21.4. The van der Waals surface area contributed by atoms with Crippen molar-refractivity contribution in [3.8, 4) is 0 Å². The van der Waals surface area contributed by atoms with E-state index in [9.17, 15) is 17.6 Å². The monoisotopic (exact) mass is 420 g/mol. The quantitative estimate of drug-likeness (QED) is 0.823. The second-order valence-corrected chi connectivity index (χ2v) is 9.85. The molecule has 1 fully saturated rings. The summed E-state index contributed by atoms with van der Waals surface area (Å²) in [4.78, 5) is 12.1. The molecule has 0 aliphatic carbocycles. The van der Waals surface area contributed by atoms with Gasteiger partial charge in [-0.1, -0.05) is 32.9 Å². The molecule has 0 unspecified atom stereocenters. The number of halogens is 1. The molecule has 8 heteroatoms. The number of carbonyl (C=O) groups excluding carboxylic acids is 1. The van der Waals surface area contributed by atoms with Crippen LogP contribution in [0.4, 0.5) is 10.1 Å². The number of ether oxygens (including phenoxy) is 1. The summed E-state index contributed by atoms with van der Waals surface area (Å²) >= 11 is 0. The molecule has 2 aromatic carbocycles. The Morgan fingerprint density at radius 1 is 1.07 bits per heavy atom. The largest absolute Gasteiger partial charge is 0.379 e. The SMILES string of the molecule is CC(C)(C)c1ccc(NC(=O)c2ccc(F)c(S(=O)(=O)N3CCOCC3)c2)cc1. The van der Waals surface area contributed by atoms with Crippen LogP contribution in [0.15, 0.2) is 47.4 Å². The van der Waals surface area contributed by atoms with Crippen molar-refractivity contribution in [3.63, 3.8) is 0 Å². The van der Waals surface area contributed by atoms with Crippen molar-refractivity contribution in [1.82, 2.24) is 4.31 Å². The number of benzene rings is 2. The molecule has 3 rings (SSSR count). The normalized spacial score (nSPS) is 15.9. The maximum atomic E-state index is 14.3. The van der Waals surface area contributed by atoms with Crippen LogP contribution in [0.3, 0.4) is 0 Å². The van der Waals surface area contributed by atoms with Crippen LogP contribution in [0.2, 0.25) is 0 Å². The van der Waals surface area contributed by atoms with Gasteiger partial charge in [0.15, 0.2) is 0 Å². The maximum absolute atomic E-state index is 14.3. The Morgan fingerprint density at radius 3 is 2.28 bits per heavy atom. The minimum absolute atomic E-state index is 0.0117. The van der Waals surface area contributed by atoms with Crippen LogP contribution in [0.1, 0.15) is 36.7 Å². The van der Waals surface area contributed by atoms with Crippen molar-refractivity contribution in [2.24, 2.45) is 0 Å². The third-order valence-electron chi connectivity index (χ3n) is 4.79. The number of amides is 1. The van der Waals surface area contributed by atoms with E-state index in [0.717, 1.165) is 17.7 Å². The second-order valence-electron chi connectivity index (χ2n) is 7.94. The maximum Gasteiger partial charge on any atom is 0.255 e. The van der Waals surface area contributed by atoms with Crippen LogP contribution < -0.4 is 5.32 Å². The van der Waals surface area contributed by atoms with E-state index >= 15 is 0 Å². The molecule has 156 valence electrons. The average molecular weight is 421 g/mol. The fourth-order valence-electron chi connectivity index (χ4n) is 3.03. The van der Waals surface area contributed by atoms with E-state index in [4.69, 9.17) is 4.74 Å². The zero-order chi connectivity index (χ0) is 21.2. The first-order valence-corrected chi connectivity index (χ1v) is 10.8. The summed E-state index contributed by atoms with van der Waals surface area (Å²) in [5.41, 5.74) is 1.75. The molecule has 1 N–H and O–H groups in total. The lowest BCUT2D eigenvalue weighted by molar-refractivity contribution is 0.0729. The Kier molecular flexibility index (Phi) is 6.07. The number of carbonyl (C=O) groups is 1. The Bertz CT molecular complexity index is 992. The highest BCUT2D eigenvalue weighted by atomic mass is 32.2. The standard InChI is InChI=1S/C21H25FN2O4S/c1-21(2,3)16-5-7-17(8-6-16)23-20(25)15-4-9-18(22)19(14-15)29(26,27)24-10-12-28-13-11-24/h4-9,14H,10-13H2,1-3H3,(H,23,25). The Hall–Kier alpha value is -2.29. The van der Waals surface area contributed by atoms with Crippen LogP contribution in [0.25, 0.3) is 0 Å². The van der Waals surface area contributed by atoms with Crippen molar-refractivity contribution in [2.45, 2.75) is 31.1 Å². The molecule has 2 aromatic rings. The average Bonchev–Trinajstić information content (AvgIpc) is 2.68. The summed E-state index contributed by atoms with van der Waals surface area (Å²) in [6.07, 6.45) is 0. The molecular weight excluding hydrogens is 395 g/mol. The molecular formula is C21H25FN2O4S. The lowest BCUT2D eigenvalue weighted by Crippen LogP contribution is -2.41. The van der Waals surface area contributed by atoms with E-state index in [-0.39, 0.29) is 37.3 Å². The number of nitrogens with one attached hydrogen (secondary N) is 1. The van der Waals surface area contributed by atoms with Crippen LogP contribution in [0, 0.1) is 5.82 Å². The molecule has 1 aliphatic rings. The van der Waals surface area contributed by atoms with E-state index in [2.05, 4.69) is 26.1 Å².